The summed E-state index contributed by atoms with van der Waals surface area (Å²) in [5.41, 5.74) is 5.09. The van der Waals surface area contributed by atoms with Crippen molar-refractivity contribution in [3.8, 4) is 0 Å². The maximum Gasteiger partial charge on any atom is 0.333 e. The number of hydroxylamine groups is 2. The molecule has 1 N–H and O–H groups in total. The Morgan fingerprint density at radius 1 is 1.23 bits per heavy atom. The van der Waals surface area contributed by atoms with Gasteiger partial charge in [0.2, 0.25) is 0 Å². The smallest absolute Gasteiger partial charge is 0.333 e. The second-order valence-electron chi connectivity index (χ2n) is 7.83. The van der Waals surface area contributed by atoms with Crippen molar-refractivity contribution in [1.82, 2.24) is 14.9 Å². The van der Waals surface area contributed by atoms with Gasteiger partial charge in [-0.25, -0.2) is 4.79 Å². The van der Waals surface area contributed by atoms with Gasteiger partial charge in [0.1, 0.15) is 0 Å². The number of benzene rings is 1. The van der Waals surface area contributed by atoms with Crippen LogP contribution >= 0.6 is 0 Å². The zero-order valence-corrected chi connectivity index (χ0v) is 15.2. The lowest BCUT2D eigenvalue weighted by molar-refractivity contribution is -0.198. The van der Waals surface area contributed by atoms with Crippen molar-refractivity contribution in [3.05, 3.63) is 41.6 Å². The van der Waals surface area contributed by atoms with Gasteiger partial charge in [0.05, 0.1) is 5.92 Å². The van der Waals surface area contributed by atoms with E-state index in [2.05, 4.69) is 47.4 Å². The molecule has 1 aromatic heterocycles. The number of aromatic nitrogens is 1. The molecule has 5 rings (SSSR count). The van der Waals surface area contributed by atoms with Crippen molar-refractivity contribution < 1.29 is 9.63 Å². The van der Waals surface area contributed by atoms with Gasteiger partial charge in [-0.2, -0.15) is 0 Å². The molecule has 2 atom stereocenters. The predicted molar refractivity (Wildman–Crippen MR) is 101 cm³/mol. The summed E-state index contributed by atoms with van der Waals surface area (Å²) in [7, 11) is 2.12. The molecule has 0 radical (unpaired) electrons. The molecule has 1 aromatic carbocycles. The predicted octanol–water partition coefficient (Wildman–Crippen LogP) is 2.98. The average molecular weight is 351 g/mol. The Morgan fingerprint density at radius 3 is 2.92 bits per heavy atom. The molecule has 2 aromatic rings. The van der Waals surface area contributed by atoms with Crippen LogP contribution in [0.3, 0.4) is 0 Å². The summed E-state index contributed by atoms with van der Waals surface area (Å²) >= 11 is 0. The van der Waals surface area contributed by atoms with E-state index in [1.807, 2.05) is 5.06 Å². The van der Waals surface area contributed by atoms with Crippen molar-refractivity contribution in [2.75, 3.05) is 26.7 Å². The number of carbonyl (C=O) groups is 1. The highest BCUT2D eigenvalue weighted by molar-refractivity contribution is 5.99. The molecule has 5 nitrogen and oxygen atoms in total. The number of fused-ring (bicyclic) bond motifs is 2. The number of nitrogens with one attached hydrogen (secondary N) is 1. The average Bonchev–Trinajstić information content (AvgIpc) is 3.08. The number of piperidine rings is 1. The van der Waals surface area contributed by atoms with Crippen LogP contribution in [0.5, 0.6) is 0 Å². The van der Waals surface area contributed by atoms with Crippen LogP contribution in [0.1, 0.15) is 30.4 Å². The van der Waals surface area contributed by atoms with Gasteiger partial charge in [-0.05, 0) is 49.1 Å². The van der Waals surface area contributed by atoms with Crippen LogP contribution in [0.4, 0.5) is 0 Å². The van der Waals surface area contributed by atoms with Gasteiger partial charge < -0.3 is 9.82 Å². The number of carbonyl (C=O) groups excluding carboxylic acids is 1. The first-order valence-corrected chi connectivity index (χ1v) is 9.69. The summed E-state index contributed by atoms with van der Waals surface area (Å²) in [6, 6.07) is 6.74. The number of H-pyrrole nitrogens is 1. The highest BCUT2D eigenvalue weighted by atomic mass is 16.7. The monoisotopic (exact) mass is 351 g/mol. The third-order valence-corrected chi connectivity index (χ3v) is 6.11. The number of hydrogen-bond donors (Lipinski definition) is 1. The Balaban J connectivity index is 1.47. The first-order valence-electron chi connectivity index (χ1n) is 9.69. The van der Waals surface area contributed by atoms with E-state index < -0.39 is 0 Å². The lowest BCUT2D eigenvalue weighted by Crippen LogP contribution is -2.45. The largest absolute Gasteiger partial charge is 0.367 e. The van der Waals surface area contributed by atoms with E-state index in [4.69, 9.17) is 4.84 Å². The molecule has 0 spiro atoms. The molecule has 1 aliphatic carbocycles. The maximum atomic E-state index is 12.8. The second kappa shape index (κ2) is 6.25. The Labute approximate surface area is 153 Å². The number of likely N-dealkylation sites (N-methyl/N-ethyl adjacent to an activating group) is 1. The van der Waals surface area contributed by atoms with Crippen molar-refractivity contribution >= 4 is 22.4 Å². The lowest BCUT2D eigenvalue weighted by atomic mass is 9.80. The minimum Gasteiger partial charge on any atom is -0.367 e. The first-order chi connectivity index (χ1) is 12.7. The number of hydrogen-bond acceptors (Lipinski definition) is 4. The molecule has 0 amide bonds. The van der Waals surface area contributed by atoms with Crippen LogP contribution in [0.15, 0.2) is 30.5 Å². The minimum absolute atomic E-state index is 0.114. The van der Waals surface area contributed by atoms with Crippen molar-refractivity contribution in [2.24, 2.45) is 5.92 Å². The van der Waals surface area contributed by atoms with E-state index in [-0.39, 0.29) is 11.9 Å². The zero-order chi connectivity index (χ0) is 17.7. The summed E-state index contributed by atoms with van der Waals surface area (Å²) in [5, 5.41) is 3.16. The Morgan fingerprint density at radius 2 is 2.08 bits per heavy atom. The normalized spacial score (nSPS) is 26.4. The Hall–Kier alpha value is -2.11. The van der Waals surface area contributed by atoms with Crippen molar-refractivity contribution in [3.63, 3.8) is 0 Å². The fraction of sp³-hybridized carbons (Fsp3) is 0.476. The molecule has 1 fully saturated rings. The highest BCUT2D eigenvalue weighted by Crippen LogP contribution is 2.40. The molecule has 3 heterocycles. The summed E-state index contributed by atoms with van der Waals surface area (Å²) in [6.45, 7) is 2.44. The third kappa shape index (κ3) is 2.58. The molecule has 1 saturated heterocycles. The first kappa shape index (κ1) is 16.1. The number of rotatable bonds is 2. The van der Waals surface area contributed by atoms with Gasteiger partial charge >= 0.3 is 5.97 Å². The molecule has 2 aliphatic heterocycles. The van der Waals surface area contributed by atoms with E-state index in [9.17, 15) is 4.79 Å². The molecular formula is C21H25N3O2. The second-order valence-corrected chi connectivity index (χ2v) is 7.83. The fourth-order valence-electron chi connectivity index (χ4n) is 4.75. The van der Waals surface area contributed by atoms with Crippen LogP contribution in [-0.2, 0) is 16.1 Å². The quantitative estimate of drug-likeness (QED) is 0.904. The zero-order valence-electron chi connectivity index (χ0n) is 15.2. The highest BCUT2D eigenvalue weighted by Gasteiger charge is 2.36. The van der Waals surface area contributed by atoms with E-state index in [1.165, 1.54) is 34.0 Å². The lowest BCUT2D eigenvalue weighted by Gasteiger charge is -2.39. The van der Waals surface area contributed by atoms with Crippen LogP contribution in [0.2, 0.25) is 0 Å². The fourth-order valence-corrected chi connectivity index (χ4v) is 4.75. The van der Waals surface area contributed by atoms with Crippen molar-refractivity contribution in [1.29, 1.82) is 0 Å². The number of aromatic amines is 1. The van der Waals surface area contributed by atoms with E-state index in [0.29, 0.717) is 6.04 Å². The van der Waals surface area contributed by atoms with Crippen LogP contribution < -0.4 is 0 Å². The molecule has 136 valence electrons. The number of nitrogens with zero attached hydrogens (tertiary/aromatic N) is 2. The molecule has 0 saturated carbocycles. The molecule has 3 aliphatic rings. The summed E-state index contributed by atoms with van der Waals surface area (Å²) in [4.78, 5) is 24.2. The standard InChI is InChI=1S/C21H25N3O2/c1-23-13-15(21(25)26-24-8-3-2-4-9-24)10-17-16-6-5-7-18-20(16)14(12-22-18)11-19(17)23/h5-7,10,12,15,19,22H,2-4,8-9,11,13H2,1H3/t15-,19-/m1/s1. The van der Waals surface area contributed by atoms with Gasteiger partial charge in [-0.15, -0.1) is 5.06 Å². The van der Waals surface area contributed by atoms with Crippen LogP contribution in [0.25, 0.3) is 16.5 Å². The van der Waals surface area contributed by atoms with Gasteiger partial charge in [0.15, 0.2) is 0 Å². The maximum absolute atomic E-state index is 12.8. The summed E-state index contributed by atoms with van der Waals surface area (Å²) < 4.78 is 0. The summed E-state index contributed by atoms with van der Waals surface area (Å²) in [6.07, 6.45) is 8.75. The van der Waals surface area contributed by atoms with Gasteiger partial charge in [-0.3, -0.25) is 4.90 Å². The Bertz CT molecular complexity index is 879. The molecule has 0 bridgehead atoms. The molecule has 5 heteroatoms. The molecular weight excluding hydrogens is 326 g/mol. The molecule has 0 unspecified atom stereocenters. The van der Waals surface area contributed by atoms with E-state index >= 15 is 0 Å². The topological polar surface area (TPSA) is 48.6 Å². The van der Waals surface area contributed by atoms with Gasteiger partial charge in [0.25, 0.3) is 0 Å². The SMILES string of the molecule is CN1C[C@H](C(=O)ON2CCCCC2)C=C2c3cccc4[nH]cc(c34)C[C@H]21. The van der Waals surface area contributed by atoms with Crippen LogP contribution in [0, 0.1) is 5.92 Å². The van der Waals surface area contributed by atoms with Gasteiger partial charge in [-0.1, -0.05) is 24.6 Å². The minimum atomic E-state index is -0.205. The van der Waals surface area contributed by atoms with E-state index in [1.54, 1.807) is 0 Å². The van der Waals surface area contributed by atoms with Crippen LogP contribution in [-0.4, -0.2) is 53.6 Å². The Kier molecular flexibility index (Phi) is 3.87. The molecule has 26 heavy (non-hydrogen) atoms. The van der Waals surface area contributed by atoms with E-state index in [0.717, 1.165) is 38.9 Å². The van der Waals surface area contributed by atoms with Crippen molar-refractivity contribution in [2.45, 2.75) is 31.7 Å². The summed E-state index contributed by atoms with van der Waals surface area (Å²) in [5.74, 6) is -0.319. The van der Waals surface area contributed by atoms with Gasteiger partial charge in [0, 0.05) is 42.8 Å². The third-order valence-electron chi connectivity index (χ3n) is 6.11.